The average molecular weight is 228 g/mol. The molecule has 0 saturated carbocycles. The fourth-order valence-electron chi connectivity index (χ4n) is 3.45. The molecule has 2 bridgehead atoms. The van der Waals surface area contributed by atoms with Gasteiger partial charge in [-0.05, 0) is 31.5 Å². The van der Waals surface area contributed by atoms with Crippen molar-refractivity contribution >= 4 is 5.71 Å². The molecule has 4 rings (SSSR count). The van der Waals surface area contributed by atoms with E-state index in [9.17, 15) is 0 Å². The van der Waals surface area contributed by atoms with Crippen LogP contribution < -0.4 is 0 Å². The summed E-state index contributed by atoms with van der Waals surface area (Å²) in [5.74, 6) is 1.02. The summed E-state index contributed by atoms with van der Waals surface area (Å²) in [5.41, 5.74) is 2.36. The predicted octanol–water partition coefficient (Wildman–Crippen LogP) is 2.90. The molecular weight excluding hydrogens is 208 g/mol. The Balaban J connectivity index is 1.87. The maximum absolute atomic E-state index is 8.37. The third-order valence-corrected chi connectivity index (χ3v) is 4.48. The molecule has 90 valence electrons. The first-order valence-electron chi connectivity index (χ1n) is 6.64. The number of piperidine rings is 3. The number of nitrogens with zero attached hydrogens (tertiary/aromatic N) is 1. The minimum atomic E-state index is 0.352. The van der Waals surface area contributed by atoms with Crippen LogP contribution in [0.4, 0.5) is 0 Å². The van der Waals surface area contributed by atoms with Gasteiger partial charge in [-0.1, -0.05) is 37.3 Å². The number of nitrogens with one attached hydrogen (secondary N) is 1. The summed E-state index contributed by atoms with van der Waals surface area (Å²) in [4.78, 5) is 2.51. The Hall–Kier alpha value is -1.15. The number of rotatable bonds is 2. The minimum Gasteiger partial charge on any atom is -0.308 e. The quantitative estimate of drug-likeness (QED) is 0.828. The molecule has 0 aromatic heterocycles. The maximum atomic E-state index is 8.37. The van der Waals surface area contributed by atoms with E-state index in [2.05, 4.69) is 42.2 Å². The molecule has 3 fully saturated rings. The van der Waals surface area contributed by atoms with Crippen LogP contribution in [0.2, 0.25) is 0 Å². The highest BCUT2D eigenvalue weighted by Crippen LogP contribution is 2.36. The SMILES string of the molecule is CC(c1ccccc1)[C@@H]1C(=N)C2CCN1CC2. The lowest BCUT2D eigenvalue weighted by Crippen LogP contribution is -2.56. The molecule has 1 N–H and O–H groups in total. The van der Waals surface area contributed by atoms with Gasteiger partial charge in [0.15, 0.2) is 0 Å². The summed E-state index contributed by atoms with van der Waals surface area (Å²) in [6, 6.07) is 11.0. The van der Waals surface area contributed by atoms with Gasteiger partial charge in [0, 0.05) is 17.5 Å². The number of benzene rings is 1. The lowest BCUT2D eigenvalue weighted by atomic mass is 9.75. The van der Waals surface area contributed by atoms with E-state index >= 15 is 0 Å². The molecule has 2 nitrogen and oxygen atoms in total. The van der Waals surface area contributed by atoms with Crippen LogP contribution in [0, 0.1) is 11.3 Å². The second-order valence-corrected chi connectivity index (χ2v) is 5.41. The summed E-state index contributed by atoms with van der Waals surface area (Å²) in [5, 5.41) is 8.37. The van der Waals surface area contributed by atoms with Gasteiger partial charge in [0.1, 0.15) is 0 Å². The van der Waals surface area contributed by atoms with Crippen molar-refractivity contribution in [3.63, 3.8) is 0 Å². The Kier molecular flexibility index (Phi) is 2.75. The van der Waals surface area contributed by atoms with E-state index in [1.807, 2.05) is 0 Å². The zero-order valence-corrected chi connectivity index (χ0v) is 10.4. The number of hydrogen-bond donors (Lipinski definition) is 1. The first kappa shape index (κ1) is 11.0. The molecule has 3 saturated heterocycles. The third kappa shape index (κ3) is 1.81. The summed E-state index contributed by atoms with van der Waals surface area (Å²) < 4.78 is 0. The van der Waals surface area contributed by atoms with Crippen molar-refractivity contribution < 1.29 is 0 Å². The predicted molar refractivity (Wildman–Crippen MR) is 70.7 cm³/mol. The molecule has 3 heterocycles. The van der Waals surface area contributed by atoms with Crippen LogP contribution >= 0.6 is 0 Å². The molecule has 2 heteroatoms. The lowest BCUT2D eigenvalue weighted by molar-refractivity contribution is 0.131. The fraction of sp³-hybridized carbons (Fsp3) is 0.533. The van der Waals surface area contributed by atoms with Crippen molar-refractivity contribution in [3.8, 4) is 0 Å². The minimum absolute atomic E-state index is 0.352. The van der Waals surface area contributed by atoms with Gasteiger partial charge in [-0.2, -0.15) is 0 Å². The van der Waals surface area contributed by atoms with Gasteiger partial charge in [-0.25, -0.2) is 0 Å². The molecule has 0 spiro atoms. The van der Waals surface area contributed by atoms with Gasteiger partial charge >= 0.3 is 0 Å². The highest BCUT2D eigenvalue weighted by molar-refractivity contribution is 5.91. The molecule has 17 heavy (non-hydrogen) atoms. The van der Waals surface area contributed by atoms with Gasteiger partial charge in [0.25, 0.3) is 0 Å². The number of hydrogen-bond acceptors (Lipinski definition) is 2. The Bertz CT molecular complexity index is 404. The zero-order chi connectivity index (χ0) is 11.8. The Morgan fingerprint density at radius 3 is 2.41 bits per heavy atom. The van der Waals surface area contributed by atoms with E-state index in [-0.39, 0.29) is 0 Å². The van der Waals surface area contributed by atoms with Crippen LogP contribution in [0.1, 0.15) is 31.2 Å². The third-order valence-electron chi connectivity index (χ3n) is 4.48. The number of fused-ring (bicyclic) bond motifs is 3. The van der Waals surface area contributed by atoms with Gasteiger partial charge in [-0.3, -0.25) is 4.90 Å². The Labute approximate surface area is 103 Å². The molecule has 1 unspecified atom stereocenters. The normalized spacial score (nSPS) is 33.7. The van der Waals surface area contributed by atoms with Crippen LogP contribution in [0.3, 0.4) is 0 Å². The van der Waals surface area contributed by atoms with E-state index in [1.54, 1.807) is 0 Å². The average Bonchev–Trinajstić information content (AvgIpc) is 2.40. The molecule has 1 aromatic rings. The van der Waals surface area contributed by atoms with Crippen LogP contribution in [-0.4, -0.2) is 29.7 Å². The van der Waals surface area contributed by atoms with E-state index in [1.165, 1.54) is 31.5 Å². The first-order chi connectivity index (χ1) is 8.27. The standard InChI is InChI=1S/C15H20N2/c1-11(12-5-3-2-4-6-12)15-14(16)13-7-9-17(15)10-8-13/h2-6,11,13,15-16H,7-10H2,1H3/t11?,15-/m1/s1. The van der Waals surface area contributed by atoms with Crippen molar-refractivity contribution in [2.24, 2.45) is 5.92 Å². The smallest absolute Gasteiger partial charge is 0.0542 e. The Morgan fingerprint density at radius 2 is 1.82 bits per heavy atom. The topological polar surface area (TPSA) is 27.1 Å². The summed E-state index contributed by atoms with van der Waals surface area (Å²) in [7, 11) is 0. The summed E-state index contributed by atoms with van der Waals surface area (Å²) in [6.07, 6.45) is 2.41. The molecule has 3 aliphatic rings. The van der Waals surface area contributed by atoms with Crippen LogP contribution in [0.15, 0.2) is 30.3 Å². The molecular formula is C15H20N2. The lowest BCUT2D eigenvalue weighted by Gasteiger charge is -2.48. The van der Waals surface area contributed by atoms with Crippen LogP contribution in [0.5, 0.6) is 0 Å². The van der Waals surface area contributed by atoms with Gasteiger partial charge in [0.05, 0.1) is 6.04 Å². The molecule has 0 aliphatic carbocycles. The maximum Gasteiger partial charge on any atom is 0.0542 e. The van der Waals surface area contributed by atoms with E-state index in [4.69, 9.17) is 5.41 Å². The van der Waals surface area contributed by atoms with Crippen molar-refractivity contribution in [2.45, 2.75) is 31.7 Å². The largest absolute Gasteiger partial charge is 0.308 e. The van der Waals surface area contributed by atoms with E-state index in [0.29, 0.717) is 17.9 Å². The fourth-order valence-corrected chi connectivity index (χ4v) is 3.45. The Morgan fingerprint density at radius 1 is 1.18 bits per heavy atom. The summed E-state index contributed by atoms with van der Waals surface area (Å²) >= 11 is 0. The highest BCUT2D eigenvalue weighted by Gasteiger charge is 2.40. The summed E-state index contributed by atoms with van der Waals surface area (Å²) in [6.45, 7) is 4.65. The van der Waals surface area contributed by atoms with Gasteiger partial charge in [-0.15, -0.1) is 0 Å². The molecule has 0 radical (unpaired) electrons. The van der Waals surface area contributed by atoms with Crippen molar-refractivity contribution in [2.75, 3.05) is 13.1 Å². The monoisotopic (exact) mass is 228 g/mol. The van der Waals surface area contributed by atoms with Crippen LogP contribution in [-0.2, 0) is 0 Å². The van der Waals surface area contributed by atoms with Gasteiger partial charge in [0.2, 0.25) is 0 Å². The van der Waals surface area contributed by atoms with Crippen molar-refractivity contribution in [1.29, 1.82) is 5.41 Å². The van der Waals surface area contributed by atoms with E-state index in [0.717, 1.165) is 5.71 Å². The molecule has 0 amide bonds. The molecule has 2 atom stereocenters. The highest BCUT2D eigenvalue weighted by atomic mass is 15.2. The molecule has 1 aromatic carbocycles. The van der Waals surface area contributed by atoms with Crippen molar-refractivity contribution in [3.05, 3.63) is 35.9 Å². The first-order valence-corrected chi connectivity index (χ1v) is 6.64. The van der Waals surface area contributed by atoms with Crippen LogP contribution in [0.25, 0.3) is 0 Å². The van der Waals surface area contributed by atoms with Crippen molar-refractivity contribution in [1.82, 2.24) is 4.90 Å². The van der Waals surface area contributed by atoms with E-state index < -0.39 is 0 Å². The van der Waals surface area contributed by atoms with Gasteiger partial charge < -0.3 is 5.41 Å². The second-order valence-electron chi connectivity index (χ2n) is 5.41. The zero-order valence-electron chi connectivity index (χ0n) is 10.4. The molecule has 3 aliphatic heterocycles. The second kappa shape index (κ2) is 4.26.